The first-order valence-corrected chi connectivity index (χ1v) is 4.63. The summed E-state index contributed by atoms with van der Waals surface area (Å²) < 4.78 is 0. The van der Waals surface area contributed by atoms with Crippen LogP contribution >= 0.6 is 0 Å². The molecule has 2 aliphatic rings. The lowest BCUT2D eigenvalue weighted by atomic mass is 9.60. The molecule has 1 saturated carbocycles. The molecule has 0 aromatic heterocycles. The van der Waals surface area contributed by atoms with Gasteiger partial charge < -0.3 is 10.6 Å². The summed E-state index contributed by atoms with van der Waals surface area (Å²) in [7, 11) is 0. The topological polar surface area (TPSA) is 29.3 Å². The molecule has 0 spiro atoms. The van der Waals surface area contributed by atoms with E-state index in [-0.39, 0.29) is 0 Å². The Morgan fingerprint density at radius 2 is 2.36 bits per heavy atom. The van der Waals surface area contributed by atoms with E-state index in [9.17, 15) is 0 Å². The lowest BCUT2D eigenvalue weighted by Crippen LogP contribution is -2.53. The summed E-state index contributed by atoms with van der Waals surface area (Å²) in [4.78, 5) is 2.53. The zero-order valence-electron chi connectivity index (χ0n) is 7.51. The molecule has 2 heteroatoms. The maximum absolute atomic E-state index is 5.94. The van der Waals surface area contributed by atoms with E-state index >= 15 is 0 Å². The van der Waals surface area contributed by atoms with Gasteiger partial charge in [-0.05, 0) is 24.3 Å². The molecule has 0 aromatic carbocycles. The predicted octanol–water partition coefficient (Wildman–Crippen LogP) is 0.675. The highest BCUT2D eigenvalue weighted by molar-refractivity contribution is 5.07. The third-order valence-electron chi connectivity index (χ3n) is 3.60. The van der Waals surface area contributed by atoms with Crippen LogP contribution in [0.4, 0.5) is 0 Å². The van der Waals surface area contributed by atoms with Crippen molar-refractivity contribution in [2.75, 3.05) is 19.6 Å². The Hall–Kier alpha value is -0.0800. The summed E-state index contributed by atoms with van der Waals surface area (Å²) in [6.45, 7) is 8.34. The molecule has 1 aliphatic heterocycles. The number of nitrogens with two attached hydrogens (primary N) is 1. The van der Waals surface area contributed by atoms with Crippen molar-refractivity contribution in [2.45, 2.75) is 26.3 Å². The van der Waals surface area contributed by atoms with Gasteiger partial charge in [0.05, 0.1) is 0 Å². The van der Waals surface area contributed by atoms with Gasteiger partial charge in [-0.15, -0.1) is 0 Å². The van der Waals surface area contributed by atoms with Crippen LogP contribution in [0, 0.1) is 11.3 Å². The number of fused-ring (bicyclic) bond motifs is 1. The first-order chi connectivity index (χ1) is 5.15. The number of nitrogens with zero attached hydrogens (tertiary/aromatic N) is 1. The normalized spacial score (nSPS) is 50.5. The number of rotatable bonds is 1. The van der Waals surface area contributed by atoms with E-state index in [1.54, 1.807) is 0 Å². The lowest BCUT2D eigenvalue weighted by molar-refractivity contribution is 0.0759. The molecular formula is C9H18N2. The number of hydrogen-bond acceptors (Lipinski definition) is 2. The van der Waals surface area contributed by atoms with E-state index in [2.05, 4.69) is 18.7 Å². The molecule has 2 nitrogen and oxygen atoms in total. The quantitative estimate of drug-likeness (QED) is 0.601. The van der Waals surface area contributed by atoms with E-state index < -0.39 is 0 Å². The molecule has 1 saturated heterocycles. The van der Waals surface area contributed by atoms with Gasteiger partial charge >= 0.3 is 0 Å². The van der Waals surface area contributed by atoms with Gasteiger partial charge in [0.25, 0.3) is 0 Å². The van der Waals surface area contributed by atoms with Gasteiger partial charge in [-0.1, -0.05) is 13.8 Å². The van der Waals surface area contributed by atoms with Gasteiger partial charge in [0.2, 0.25) is 0 Å². The van der Waals surface area contributed by atoms with Gasteiger partial charge in [0.1, 0.15) is 0 Å². The Balaban J connectivity index is 2.04. The fourth-order valence-electron chi connectivity index (χ4n) is 2.82. The Labute approximate surface area is 68.7 Å². The van der Waals surface area contributed by atoms with Crippen LogP contribution in [0.5, 0.6) is 0 Å². The molecule has 1 aliphatic carbocycles. The van der Waals surface area contributed by atoms with Gasteiger partial charge in [0.15, 0.2) is 0 Å². The zero-order chi connectivity index (χ0) is 8.06. The third kappa shape index (κ3) is 0.926. The maximum Gasteiger partial charge on any atom is 0.00908 e. The molecule has 2 fully saturated rings. The van der Waals surface area contributed by atoms with Crippen LogP contribution in [-0.2, 0) is 0 Å². The Kier molecular flexibility index (Phi) is 1.52. The molecule has 64 valence electrons. The summed E-state index contributed by atoms with van der Waals surface area (Å²) in [6.07, 6.45) is 1.24. The van der Waals surface area contributed by atoms with Crippen LogP contribution in [0.1, 0.15) is 20.3 Å². The fourth-order valence-corrected chi connectivity index (χ4v) is 2.82. The molecule has 0 aromatic rings. The van der Waals surface area contributed by atoms with E-state index in [0.717, 1.165) is 5.92 Å². The zero-order valence-corrected chi connectivity index (χ0v) is 7.51. The smallest absolute Gasteiger partial charge is 0.00908 e. The van der Waals surface area contributed by atoms with Crippen molar-refractivity contribution >= 4 is 0 Å². The SMILES string of the molecule is CCN1C[C@@H]2[C@H](N)C[C@]2(C)C1. The number of hydrogen-bond donors (Lipinski definition) is 1. The minimum absolute atomic E-state index is 0.497. The Morgan fingerprint density at radius 1 is 1.64 bits per heavy atom. The van der Waals surface area contributed by atoms with Crippen molar-refractivity contribution < 1.29 is 0 Å². The highest BCUT2D eigenvalue weighted by atomic mass is 15.2. The van der Waals surface area contributed by atoms with Crippen LogP contribution in [0.3, 0.4) is 0 Å². The molecule has 0 amide bonds. The first-order valence-electron chi connectivity index (χ1n) is 4.63. The molecule has 0 bridgehead atoms. The minimum atomic E-state index is 0.497. The minimum Gasteiger partial charge on any atom is -0.327 e. The summed E-state index contributed by atoms with van der Waals surface area (Å²) in [5.74, 6) is 0.794. The summed E-state index contributed by atoms with van der Waals surface area (Å²) in [5.41, 5.74) is 6.52. The summed E-state index contributed by atoms with van der Waals surface area (Å²) >= 11 is 0. The van der Waals surface area contributed by atoms with Gasteiger partial charge in [-0.25, -0.2) is 0 Å². The van der Waals surface area contributed by atoms with E-state index in [0.29, 0.717) is 11.5 Å². The second kappa shape index (κ2) is 2.20. The van der Waals surface area contributed by atoms with Crippen molar-refractivity contribution in [2.24, 2.45) is 17.1 Å². The second-order valence-corrected chi connectivity index (χ2v) is 4.46. The van der Waals surface area contributed by atoms with Crippen LogP contribution in [-0.4, -0.2) is 30.6 Å². The standard InChI is InChI=1S/C9H18N2/c1-3-11-5-7-8(10)4-9(7,2)6-11/h7-8H,3-6,10H2,1-2H3/t7-,8-,9-/m1/s1. The van der Waals surface area contributed by atoms with Crippen molar-refractivity contribution in [1.82, 2.24) is 4.90 Å². The van der Waals surface area contributed by atoms with Crippen molar-refractivity contribution in [1.29, 1.82) is 0 Å². The average Bonchev–Trinajstić information content (AvgIpc) is 2.22. The van der Waals surface area contributed by atoms with Crippen LogP contribution < -0.4 is 5.73 Å². The lowest BCUT2D eigenvalue weighted by Gasteiger charge is -2.46. The molecule has 11 heavy (non-hydrogen) atoms. The molecule has 0 radical (unpaired) electrons. The largest absolute Gasteiger partial charge is 0.327 e. The van der Waals surface area contributed by atoms with Crippen molar-refractivity contribution in [3.63, 3.8) is 0 Å². The van der Waals surface area contributed by atoms with Crippen LogP contribution in [0.2, 0.25) is 0 Å². The van der Waals surface area contributed by atoms with Gasteiger partial charge in [0, 0.05) is 19.1 Å². The third-order valence-corrected chi connectivity index (χ3v) is 3.60. The molecular weight excluding hydrogens is 136 g/mol. The van der Waals surface area contributed by atoms with E-state index in [1.165, 1.54) is 26.1 Å². The monoisotopic (exact) mass is 154 g/mol. The maximum atomic E-state index is 5.94. The van der Waals surface area contributed by atoms with Gasteiger partial charge in [-0.2, -0.15) is 0 Å². The van der Waals surface area contributed by atoms with Crippen molar-refractivity contribution in [3.8, 4) is 0 Å². The van der Waals surface area contributed by atoms with Crippen LogP contribution in [0.25, 0.3) is 0 Å². The Bertz CT molecular complexity index is 169. The number of likely N-dealkylation sites (tertiary alicyclic amines) is 1. The summed E-state index contributed by atoms with van der Waals surface area (Å²) in [6, 6.07) is 0.497. The second-order valence-electron chi connectivity index (χ2n) is 4.46. The summed E-state index contributed by atoms with van der Waals surface area (Å²) in [5, 5.41) is 0. The van der Waals surface area contributed by atoms with E-state index in [1.807, 2.05) is 0 Å². The molecule has 0 unspecified atom stereocenters. The van der Waals surface area contributed by atoms with Crippen molar-refractivity contribution in [3.05, 3.63) is 0 Å². The van der Waals surface area contributed by atoms with Crippen LogP contribution in [0.15, 0.2) is 0 Å². The first kappa shape index (κ1) is 7.56. The highest BCUT2D eigenvalue weighted by Gasteiger charge is 2.53. The Morgan fingerprint density at radius 3 is 2.82 bits per heavy atom. The van der Waals surface area contributed by atoms with E-state index in [4.69, 9.17) is 5.73 Å². The predicted molar refractivity (Wildman–Crippen MR) is 46.3 cm³/mol. The van der Waals surface area contributed by atoms with Gasteiger partial charge in [-0.3, -0.25) is 0 Å². The molecule has 1 heterocycles. The molecule has 2 N–H and O–H groups in total. The fraction of sp³-hybridized carbons (Fsp3) is 1.00. The highest BCUT2D eigenvalue weighted by Crippen LogP contribution is 2.50. The molecule has 2 rings (SSSR count). The average molecular weight is 154 g/mol. The molecule has 3 atom stereocenters.